The maximum atomic E-state index is 6.37. The van der Waals surface area contributed by atoms with Gasteiger partial charge in [0.25, 0.3) is 0 Å². The third-order valence-corrected chi connectivity index (χ3v) is 10.6. The second kappa shape index (κ2) is 11.7. The molecule has 1 unspecified atom stereocenters. The smallest absolute Gasteiger partial charge is 0.159 e. The molecule has 0 bridgehead atoms. The molecule has 10 rings (SSSR count). The molecule has 3 aromatic heterocycles. The van der Waals surface area contributed by atoms with Crippen molar-refractivity contribution in [1.82, 2.24) is 10.3 Å². The van der Waals surface area contributed by atoms with Crippen LogP contribution < -0.4 is 5.32 Å². The third-order valence-electron chi connectivity index (χ3n) is 9.41. The zero-order valence-corrected chi connectivity index (χ0v) is 27.6. The normalized spacial score (nSPS) is 14.6. The van der Waals surface area contributed by atoms with Crippen LogP contribution in [0.1, 0.15) is 22.9 Å². The first kappa shape index (κ1) is 28.6. The van der Waals surface area contributed by atoms with Crippen molar-refractivity contribution in [2.75, 3.05) is 0 Å². The summed E-state index contributed by atoms with van der Waals surface area (Å²) in [4.78, 5) is 14.9. The number of benzene rings is 6. The molecule has 9 aromatic rings. The van der Waals surface area contributed by atoms with Gasteiger partial charge in [-0.3, -0.25) is 4.98 Å². The zero-order valence-electron chi connectivity index (χ0n) is 26.7. The molecule has 0 fully saturated rings. The van der Waals surface area contributed by atoms with Gasteiger partial charge in [-0.1, -0.05) is 115 Å². The number of furan rings is 1. The predicted octanol–water partition coefficient (Wildman–Crippen LogP) is 11.2. The van der Waals surface area contributed by atoms with Gasteiger partial charge in [0.2, 0.25) is 0 Å². The van der Waals surface area contributed by atoms with E-state index in [-0.39, 0.29) is 6.17 Å². The first-order valence-corrected chi connectivity index (χ1v) is 17.4. The van der Waals surface area contributed by atoms with E-state index in [1.54, 1.807) is 0 Å². The average molecular weight is 661 g/mol. The van der Waals surface area contributed by atoms with E-state index in [1.165, 1.54) is 25.7 Å². The van der Waals surface area contributed by atoms with Crippen LogP contribution in [0.5, 0.6) is 0 Å². The second-order valence-corrected chi connectivity index (χ2v) is 13.6. The number of thiophene rings is 1. The Hall–Kier alpha value is -6.37. The number of aromatic nitrogens is 1. The number of aliphatic imine (C=N–C) groups is 2. The summed E-state index contributed by atoms with van der Waals surface area (Å²) in [6.07, 6.45) is 1.57. The lowest BCUT2D eigenvalue weighted by atomic mass is 9.99. The Morgan fingerprint density at radius 1 is 0.540 bits per heavy atom. The highest BCUT2D eigenvalue weighted by Gasteiger charge is 2.21. The van der Waals surface area contributed by atoms with E-state index in [2.05, 4.69) is 115 Å². The van der Waals surface area contributed by atoms with Crippen molar-refractivity contribution in [3.63, 3.8) is 0 Å². The van der Waals surface area contributed by atoms with Crippen molar-refractivity contribution in [2.24, 2.45) is 9.98 Å². The van der Waals surface area contributed by atoms with Gasteiger partial charge in [-0.05, 0) is 53.1 Å². The number of nitrogens with one attached hydrogen (secondary N) is 1. The zero-order chi connectivity index (χ0) is 33.0. The monoisotopic (exact) mass is 660 g/mol. The van der Waals surface area contributed by atoms with E-state index >= 15 is 0 Å². The number of fused-ring (bicyclic) bond motifs is 6. The summed E-state index contributed by atoms with van der Waals surface area (Å²) in [6.45, 7) is 0. The summed E-state index contributed by atoms with van der Waals surface area (Å²) in [7, 11) is 0. The minimum Gasteiger partial charge on any atom is -0.456 e. The van der Waals surface area contributed by atoms with E-state index in [9.17, 15) is 0 Å². The number of hydrogen-bond acceptors (Lipinski definition) is 6. The van der Waals surface area contributed by atoms with E-state index in [4.69, 9.17) is 19.4 Å². The first-order chi connectivity index (χ1) is 24.7. The van der Waals surface area contributed by atoms with Crippen LogP contribution in [0.2, 0.25) is 0 Å². The topological polar surface area (TPSA) is 62.8 Å². The molecule has 236 valence electrons. The largest absolute Gasteiger partial charge is 0.456 e. The minimum absolute atomic E-state index is 0.250. The number of amidine groups is 2. The molecule has 1 aliphatic heterocycles. The number of hydrogen-bond donors (Lipinski definition) is 1. The molecule has 5 nitrogen and oxygen atoms in total. The van der Waals surface area contributed by atoms with Gasteiger partial charge in [-0.25, -0.2) is 9.98 Å². The van der Waals surface area contributed by atoms with Gasteiger partial charge in [-0.2, -0.15) is 0 Å². The van der Waals surface area contributed by atoms with Crippen LogP contribution in [-0.2, 0) is 0 Å². The Kier molecular flexibility index (Phi) is 6.67. The first-order valence-electron chi connectivity index (χ1n) is 16.6. The van der Waals surface area contributed by atoms with Crippen molar-refractivity contribution < 1.29 is 4.42 Å². The van der Waals surface area contributed by atoms with Gasteiger partial charge in [0, 0.05) is 48.4 Å². The fourth-order valence-corrected chi connectivity index (χ4v) is 8.02. The highest BCUT2D eigenvalue weighted by molar-refractivity contribution is 7.25. The van der Waals surface area contributed by atoms with Gasteiger partial charge in [0.05, 0.1) is 11.1 Å². The van der Waals surface area contributed by atoms with E-state index in [0.717, 1.165) is 61.3 Å². The molecule has 1 aliphatic rings. The number of pyridine rings is 1. The van der Waals surface area contributed by atoms with Crippen molar-refractivity contribution in [2.45, 2.75) is 6.17 Å². The average Bonchev–Trinajstić information content (AvgIpc) is 3.76. The molecule has 1 atom stereocenters. The molecular weight excluding hydrogens is 633 g/mol. The SMILES string of the molecule is c1ccc(C2=NC(c3ccc(-c4nccc5oc6ccc(-c7ccc8sc9ccccc9c8c7)cc6c45)cc3)=NC(c3ccccc3)N2)cc1. The Bertz CT molecular complexity index is 2780. The molecule has 6 heteroatoms. The van der Waals surface area contributed by atoms with Gasteiger partial charge >= 0.3 is 0 Å². The summed E-state index contributed by atoms with van der Waals surface area (Å²) in [5.74, 6) is 1.48. The van der Waals surface area contributed by atoms with E-state index < -0.39 is 0 Å². The standard InChI is InChI=1S/C44H28N4OS/c1-3-9-28(10-4-1)42-46-43(29-11-5-2-6-12-29)48-44(47-42)30-17-15-27(16-18-30)41-40-35-26-31(19-21-36(35)49-37(40)23-24-45-41)32-20-22-39-34(25-32)33-13-7-8-14-38(33)50-39/h1-26,42H,(H,46,47,48). The van der Waals surface area contributed by atoms with Crippen LogP contribution >= 0.6 is 11.3 Å². The second-order valence-electron chi connectivity index (χ2n) is 12.5. The van der Waals surface area contributed by atoms with Crippen LogP contribution in [0.4, 0.5) is 0 Å². The van der Waals surface area contributed by atoms with Crippen LogP contribution in [0.15, 0.2) is 172 Å². The lowest BCUT2D eigenvalue weighted by Gasteiger charge is -2.23. The Morgan fingerprint density at radius 3 is 2.06 bits per heavy atom. The molecule has 50 heavy (non-hydrogen) atoms. The summed E-state index contributed by atoms with van der Waals surface area (Å²) in [5.41, 5.74) is 8.90. The highest BCUT2D eigenvalue weighted by atomic mass is 32.1. The van der Waals surface area contributed by atoms with E-state index in [0.29, 0.717) is 5.84 Å². The van der Waals surface area contributed by atoms with Crippen molar-refractivity contribution in [3.8, 4) is 22.4 Å². The Morgan fingerprint density at radius 2 is 1.22 bits per heavy atom. The van der Waals surface area contributed by atoms with Gasteiger partial charge < -0.3 is 9.73 Å². The van der Waals surface area contributed by atoms with Gasteiger partial charge in [-0.15, -0.1) is 11.3 Å². The highest BCUT2D eigenvalue weighted by Crippen LogP contribution is 2.40. The number of rotatable bonds is 5. The van der Waals surface area contributed by atoms with Gasteiger partial charge in [0.15, 0.2) is 5.84 Å². The molecule has 0 aliphatic carbocycles. The molecule has 1 N–H and O–H groups in total. The molecule has 0 spiro atoms. The van der Waals surface area contributed by atoms with Crippen LogP contribution in [0.25, 0.3) is 64.5 Å². The van der Waals surface area contributed by atoms with E-state index in [1.807, 2.05) is 60.0 Å². The Balaban J connectivity index is 1.05. The number of nitrogens with zero attached hydrogens (tertiary/aromatic N) is 3. The lowest BCUT2D eigenvalue weighted by Crippen LogP contribution is -2.33. The summed E-state index contributed by atoms with van der Waals surface area (Å²) < 4.78 is 8.97. The fourth-order valence-electron chi connectivity index (χ4n) is 6.93. The molecule has 0 saturated carbocycles. The van der Waals surface area contributed by atoms with Crippen LogP contribution in [0.3, 0.4) is 0 Å². The maximum Gasteiger partial charge on any atom is 0.159 e. The van der Waals surface area contributed by atoms with Crippen LogP contribution in [-0.4, -0.2) is 16.7 Å². The lowest BCUT2D eigenvalue weighted by molar-refractivity contribution is 0.668. The predicted molar refractivity (Wildman–Crippen MR) is 207 cm³/mol. The van der Waals surface area contributed by atoms with Gasteiger partial charge in [0.1, 0.15) is 23.2 Å². The summed E-state index contributed by atoms with van der Waals surface area (Å²) in [5, 5.41) is 8.17. The maximum absolute atomic E-state index is 6.37. The summed E-state index contributed by atoms with van der Waals surface area (Å²) in [6, 6.07) is 52.7. The molecule has 0 amide bonds. The quantitative estimate of drug-likeness (QED) is 0.200. The van der Waals surface area contributed by atoms with Crippen molar-refractivity contribution in [1.29, 1.82) is 0 Å². The molecule has 0 saturated heterocycles. The fraction of sp³-hybridized carbons (Fsp3) is 0.0227. The van der Waals surface area contributed by atoms with Crippen molar-refractivity contribution in [3.05, 3.63) is 175 Å². The molecule has 6 aromatic carbocycles. The minimum atomic E-state index is -0.250. The molecule has 0 radical (unpaired) electrons. The molecule has 4 heterocycles. The van der Waals surface area contributed by atoms with Crippen molar-refractivity contribution >= 4 is 65.1 Å². The molecular formula is C44H28N4OS. The van der Waals surface area contributed by atoms with Crippen LogP contribution in [0, 0.1) is 0 Å². The third kappa shape index (κ3) is 4.88. The Labute approximate surface area is 291 Å². The summed E-state index contributed by atoms with van der Waals surface area (Å²) >= 11 is 1.84.